The summed E-state index contributed by atoms with van der Waals surface area (Å²) in [5, 5.41) is 5.81. The average molecular weight is 466 g/mol. The molecule has 5 aliphatic rings. The third-order valence-corrected chi connectivity index (χ3v) is 8.33. The van der Waals surface area contributed by atoms with Gasteiger partial charge >= 0.3 is 0 Å². The third-order valence-electron chi connectivity index (χ3n) is 8.33. The molecule has 34 heavy (non-hydrogen) atoms. The van der Waals surface area contributed by atoms with E-state index in [9.17, 15) is 19.2 Å². The molecule has 0 spiro atoms. The van der Waals surface area contributed by atoms with Gasteiger partial charge in [0.1, 0.15) is 6.04 Å². The summed E-state index contributed by atoms with van der Waals surface area (Å²) in [6.45, 7) is 5.04. The smallest absolute Gasteiger partial charge is 0.262 e. The zero-order chi connectivity index (χ0) is 23.4. The number of imide groups is 2. The number of nitrogens with one attached hydrogen (secondary N) is 2. The number of hydrogen-bond acceptors (Lipinski definition) is 7. The number of hydrogen-bond donors (Lipinski definition) is 2. The number of carbonyl (C=O) groups excluding carboxylic acids is 4. The van der Waals surface area contributed by atoms with Gasteiger partial charge in [-0.2, -0.15) is 0 Å². The van der Waals surface area contributed by atoms with Gasteiger partial charge in [0.2, 0.25) is 11.8 Å². The molecule has 5 heterocycles. The number of amides is 4. The molecule has 2 N–H and O–H groups in total. The predicted octanol–water partition coefficient (Wildman–Crippen LogP) is 0.488. The van der Waals surface area contributed by atoms with Gasteiger partial charge in [-0.3, -0.25) is 39.2 Å². The van der Waals surface area contributed by atoms with Gasteiger partial charge in [0.15, 0.2) is 0 Å². The number of piperazine rings is 1. The SMILES string of the molecule is O=C1CCC(N2C(=O)c3ccc(CN4CCC(N5C6CCC5CNC6)CC4)cc3C2=O)C(=O)N1. The highest BCUT2D eigenvalue weighted by Crippen LogP contribution is 2.33. The lowest BCUT2D eigenvalue weighted by molar-refractivity contribution is -0.136. The Morgan fingerprint density at radius 1 is 0.824 bits per heavy atom. The highest BCUT2D eigenvalue weighted by Gasteiger charge is 2.45. The monoisotopic (exact) mass is 465 g/mol. The third kappa shape index (κ3) is 3.66. The molecule has 0 radical (unpaired) electrons. The molecule has 4 saturated heterocycles. The van der Waals surface area contributed by atoms with Gasteiger partial charge < -0.3 is 5.32 Å². The summed E-state index contributed by atoms with van der Waals surface area (Å²) in [5.74, 6) is -1.84. The van der Waals surface area contributed by atoms with Crippen molar-refractivity contribution in [2.75, 3.05) is 26.2 Å². The van der Waals surface area contributed by atoms with Crippen LogP contribution in [0.3, 0.4) is 0 Å². The van der Waals surface area contributed by atoms with Crippen LogP contribution in [0.1, 0.15) is 64.8 Å². The van der Waals surface area contributed by atoms with Crippen molar-refractivity contribution in [1.29, 1.82) is 0 Å². The van der Waals surface area contributed by atoms with Gasteiger partial charge in [0.05, 0.1) is 11.1 Å². The highest BCUT2D eigenvalue weighted by molar-refractivity contribution is 6.23. The summed E-state index contributed by atoms with van der Waals surface area (Å²) in [6.07, 6.45) is 5.26. The van der Waals surface area contributed by atoms with Gasteiger partial charge in [-0.05, 0) is 62.9 Å². The van der Waals surface area contributed by atoms with Crippen molar-refractivity contribution in [3.05, 3.63) is 34.9 Å². The number of likely N-dealkylation sites (tertiary alicyclic amines) is 1. The summed E-state index contributed by atoms with van der Waals surface area (Å²) in [7, 11) is 0. The highest BCUT2D eigenvalue weighted by atomic mass is 16.2. The molecular formula is C25H31N5O4. The summed E-state index contributed by atoms with van der Waals surface area (Å²) < 4.78 is 0. The van der Waals surface area contributed by atoms with Crippen molar-refractivity contribution in [2.24, 2.45) is 0 Å². The lowest BCUT2D eigenvalue weighted by Crippen LogP contribution is -2.57. The second kappa shape index (κ2) is 8.55. The quantitative estimate of drug-likeness (QED) is 0.624. The first-order valence-corrected chi connectivity index (χ1v) is 12.5. The van der Waals surface area contributed by atoms with Crippen molar-refractivity contribution in [3.63, 3.8) is 0 Å². The van der Waals surface area contributed by atoms with Gasteiger partial charge in [-0.1, -0.05) is 6.07 Å². The molecule has 180 valence electrons. The first-order chi connectivity index (χ1) is 16.5. The zero-order valence-corrected chi connectivity index (χ0v) is 19.3. The molecule has 6 rings (SSSR count). The van der Waals surface area contributed by atoms with E-state index in [1.807, 2.05) is 12.1 Å². The topological polar surface area (TPSA) is 102 Å². The minimum absolute atomic E-state index is 0.125. The molecule has 1 aromatic carbocycles. The first kappa shape index (κ1) is 21.9. The second-order valence-corrected chi connectivity index (χ2v) is 10.3. The van der Waals surface area contributed by atoms with Gasteiger partial charge in [0.25, 0.3) is 11.8 Å². The second-order valence-electron chi connectivity index (χ2n) is 10.3. The minimum Gasteiger partial charge on any atom is -0.314 e. The summed E-state index contributed by atoms with van der Waals surface area (Å²) in [6, 6.07) is 6.57. The van der Waals surface area contributed by atoms with Crippen LogP contribution in [-0.2, 0) is 16.1 Å². The van der Waals surface area contributed by atoms with E-state index in [4.69, 9.17) is 0 Å². The van der Waals surface area contributed by atoms with Gasteiger partial charge in [0, 0.05) is 44.2 Å². The lowest BCUT2D eigenvalue weighted by atomic mass is 9.99. The van der Waals surface area contributed by atoms with Crippen LogP contribution in [0.15, 0.2) is 18.2 Å². The molecule has 2 bridgehead atoms. The summed E-state index contributed by atoms with van der Waals surface area (Å²) in [5.41, 5.74) is 1.71. The zero-order valence-electron chi connectivity index (χ0n) is 19.3. The van der Waals surface area contributed by atoms with E-state index in [1.165, 1.54) is 25.7 Å². The van der Waals surface area contributed by atoms with Crippen LogP contribution in [0, 0.1) is 0 Å². The number of carbonyl (C=O) groups is 4. The normalized spacial score (nSPS) is 30.7. The molecular weight excluding hydrogens is 434 g/mol. The Labute approximate surface area is 198 Å². The average Bonchev–Trinajstić information content (AvgIpc) is 3.22. The molecule has 0 saturated carbocycles. The van der Waals surface area contributed by atoms with Crippen molar-refractivity contribution >= 4 is 23.6 Å². The Hall–Kier alpha value is -2.62. The maximum Gasteiger partial charge on any atom is 0.262 e. The van der Waals surface area contributed by atoms with Crippen molar-refractivity contribution in [1.82, 2.24) is 25.3 Å². The summed E-state index contributed by atoms with van der Waals surface area (Å²) >= 11 is 0. The molecule has 0 aliphatic carbocycles. The van der Waals surface area contributed by atoms with Crippen molar-refractivity contribution < 1.29 is 19.2 Å². The standard InChI is InChI=1S/C25H31N5O4/c31-22-6-5-21(23(32)27-22)30-24(33)19-4-1-15(11-20(19)25(30)34)14-28-9-7-16(8-10-28)29-17-2-3-18(29)13-26-12-17/h1,4,11,16-18,21,26H,2-3,5-10,12-14H2,(H,27,31,32). The number of rotatable bonds is 4. The van der Waals surface area contributed by atoms with E-state index < -0.39 is 23.8 Å². The van der Waals surface area contributed by atoms with Crippen molar-refractivity contribution in [3.8, 4) is 0 Å². The molecule has 3 atom stereocenters. The Bertz CT molecular complexity index is 1030. The number of piperidine rings is 2. The van der Waals surface area contributed by atoms with E-state index in [0.29, 0.717) is 29.3 Å². The van der Waals surface area contributed by atoms with Crippen LogP contribution in [0.5, 0.6) is 0 Å². The van der Waals surface area contributed by atoms with Crippen LogP contribution in [0.25, 0.3) is 0 Å². The predicted molar refractivity (Wildman–Crippen MR) is 123 cm³/mol. The Kier molecular flexibility index (Phi) is 5.50. The van der Waals surface area contributed by atoms with Gasteiger partial charge in [-0.25, -0.2) is 0 Å². The van der Waals surface area contributed by atoms with Crippen molar-refractivity contribution in [2.45, 2.75) is 69.2 Å². The molecule has 3 unspecified atom stereocenters. The van der Waals surface area contributed by atoms with E-state index >= 15 is 0 Å². The molecule has 4 fully saturated rings. The molecule has 4 amide bonds. The van der Waals surface area contributed by atoms with Crippen LogP contribution >= 0.6 is 0 Å². The van der Waals surface area contributed by atoms with Crippen LogP contribution in [0.4, 0.5) is 0 Å². The Morgan fingerprint density at radius 2 is 1.53 bits per heavy atom. The fourth-order valence-electron chi connectivity index (χ4n) is 6.66. The van der Waals surface area contributed by atoms with Crippen LogP contribution in [-0.4, -0.2) is 88.7 Å². The van der Waals surface area contributed by atoms with Crippen LogP contribution < -0.4 is 10.6 Å². The van der Waals surface area contributed by atoms with E-state index in [1.54, 1.807) is 6.07 Å². The fraction of sp³-hybridized carbons (Fsp3) is 0.600. The maximum atomic E-state index is 13.1. The molecule has 0 aromatic heterocycles. The Balaban J connectivity index is 1.10. The molecule has 9 heteroatoms. The van der Waals surface area contributed by atoms with E-state index in [-0.39, 0.29) is 18.7 Å². The summed E-state index contributed by atoms with van der Waals surface area (Å²) in [4.78, 5) is 56.0. The minimum atomic E-state index is -0.923. The number of nitrogens with zero attached hydrogens (tertiary/aromatic N) is 3. The lowest BCUT2D eigenvalue weighted by Gasteiger charge is -2.44. The fourth-order valence-corrected chi connectivity index (χ4v) is 6.66. The van der Waals surface area contributed by atoms with Crippen LogP contribution in [0.2, 0.25) is 0 Å². The number of fused-ring (bicyclic) bond motifs is 3. The molecule has 1 aromatic rings. The maximum absolute atomic E-state index is 13.1. The Morgan fingerprint density at radius 3 is 2.24 bits per heavy atom. The first-order valence-electron chi connectivity index (χ1n) is 12.5. The van der Waals surface area contributed by atoms with E-state index in [0.717, 1.165) is 43.2 Å². The van der Waals surface area contributed by atoms with Gasteiger partial charge in [-0.15, -0.1) is 0 Å². The molecule has 9 nitrogen and oxygen atoms in total. The van der Waals surface area contributed by atoms with E-state index in [2.05, 4.69) is 20.4 Å². The largest absolute Gasteiger partial charge is 0.314 e. The molecule has 5 aliphatic heterocycles. The number of benzene rings is 1.